The number of benzene rings is 1. The van der Waals surface area contributed by atoms with Crippen molar-refractivity contribution in [2.75, 3.05) is 20.8 Å². The molecule has 1 aromatic carbocycles. The topological polar surface area (TPSA) is 91.3 Å². The Morgan fingerprint density at radius 2 is 2.06 bits per heavy atom. The highest BCUT2D eigenvalue weighted by molar-refractivity contribution is 6.31. The fourth-order valence-corrected chi connectivity index (χ4v) is 3.28. The van der Waals surface area contributed by atoms with E-state index in [1.54, 1.807) is 6.92 Å². The van der Waals surface area contributed by atoms with Gasteiger partial charge < -0.3 is 24.3 Å². The number of hydrogen-bond acceptors (Lipinski definition) is 8. The van der Waals surface area contributed by atoms with Crippen molar-refractivity contribution in [3.8, 4) is 0 Å². The highest BCUT2D eigenvalue weighted by atomic mass is 35.5. The van der Waals surface area contributed by atoms with Crippen molar-refractivity contribution >= 4 is 23.6 Å². The number of nitrogens with one attached hydrogen (secondary N) is 1. The number of rotatable bonds is 7. The fraction of sp³-hybridized carbons (Fsp3) is 0.286. The molecule has 11 heteroatoms. The van der Waals surface area contributed by atoms with Gasteiger partial charge in [-0.1, -0.05) is 17.7 Å². The lowest BCUT2D eigenvalue weighted by Crippen LogP contribution is -2.40. The number of carbonyl (C=O) groups is 1. The van der Waals surface area contributed by atoms with E-state index in [0.29, 0.717) is 0 Å². The van der Waals surface area contributed by atoms with Gasteiger partial charge in [-0.2, -0.15) is 0 Å². The van der Waals surface area contributed by atoms with Gasteiger partial charge in [-0.3, -0.25) is 0 Å². The van der Waals surface area contributed by atoms with E-state index in [1.165, 1.54) is 37.6 Å². The van der Waals surface area contributed by atoms with E-state index in [0.717, 1.165) is 13.2 Å². The van der Waals surface area contributed by atoms with Crippen LogP contribution in [0.15, 0.2) is 53.0 Å². The number of aromatic nitrogens is 1. The SMILES string of the molecule is CCOC(OC)C1=C(OC(=O)OC)C(c2ccc(F)cc2Cl)N=C(c2ncccc2F)N1. The summed E-state index contributed by atoms with van der Waals surface area (Å²) in [5.41, 5.74) is 0.294. The van der Waals surface area contributed by atoms with Crippen LogP contribution in [0, 0.1) is 11.6 Å². The molecule has 32 heavy (non-hydrogen) atoms. The summed E-state index contributed by atoms with van der Waals surface area (Å²) < 4.78 is 49.2. The van der Waals surface area contributed by atoms with Crippen LogP contribution >= 0.6 is 11.6 Å². The molecule has 0 bridgehead atoms. The number of ether oxygens (including phenoxy) is 4. The molecule has 0 saturated heterocycles. The second kappa shape index (κ2) is 10.5. The smallest absolute Gasteiger partial charge is 0.437 e. The van der Waals surface area contributed by atoms with Gasteiger partial charge in [0.15, 0.2) is 17.4 Å². The summed E-state index contributed by atoms with van der Waals surface area (Å²) in [5.74, 6) is -1.30. The van der Waals surface area contributed by atoms with Crippen molar-refractivity contribution < 1.29 is 32.5 Å². The molecule has 1 aromatic heterocycles. The average molecular weight is 468 g/mol. The molecule has 8 nitrogen and oxygen atoms in total. The Morgan fingerprint density at radius 1 is 1.28 bits per heavy atom. The quantitative estimate of drug-likeness (QED) is 0.484. The van der Waals surface area contributed by atoms with Crippen LogP contribution in [0.2, 0.25) is 5.02 Å². The maximum atomic E-state index is 14.5. The van der Waals surface area contributed by atoms with Crippen molar-refractivity contribution in [2.45, 2.75) is 19.3 Å². The molecule has 0 aliphatic carbocycles. The van der Waals surface area contributed by atoms with Crippen LogP contribution in [0.1, 0.15) is 24.2 Å². The number of nitrogens with zero attached hydrogens (tertiary/aromatic N) is 2. The Bertz CT molecular complexity index is 1060. The molecule has 0 amide bonds. The van der Waals surface area contributed by atoms with E-state index >= 15 is 0 Å². The number of halogens is 3. The Balaban J connectivity index is 2.24. The van der Waals surface area contributed by atoms with E-state index < -0.39 is 30.1 Å². The van der Waals surface area contributed by atoms with E-state index in [2.05, 4.69) is 20.0 Å². The monoisotopic (exact) mass is 467 g/mol. The summed E-state index contributed by atoms with van der Waals surface area (Å²) in [6.07, 6.45) is -0.710. The summed E-state index contributed by atoms with van der Waals surface area (Å²) in [4.78, 5) is 20.5. The molecule has 0 saturated carbocycles. The summed E-state index contributed by atoms with van der Waals surface area (Å²) >= 11 is 6.27. The van der Waals surface area contributed by atoms with Crippen LogP contribution in [-0.4, -0.2) is 44.1 Å². The Kier molecular flexibility index (Phi) is 7.73. The molecule has 170 valence electrons. The molecule has 2 heterocycles. The molecule has 0 fully saturated rings. The van der Waals surface area contributed by atoms with Gasteiger partial charge in [0.05, 0.1) is 7.11 Å². The van der Waals surface area contributed by atoms with Crippen molar-refractivity contribution in [1.82, 2.24) is 10.3 Å². The molecular formula is C21H20ClF2N3O5. The van der Waals surface area contributed by atoms with Crippen LogP contribution in [0.25, 0.3) is 0 Å². The third-order valence-corrected chi connectivity index (χ3v) is 4.72. The zero-order valence-electron chi connectivity index (χ0n) is 17.4. The zero-order valence-corrected chi connectivity index (χ0v) is 18.2. The molecule has 2 unspecified atom stereocenters. The normalized spacial score (nSPS) is 16.8. The number of methoxy groups -OCH3 is 2. The molecule has 2 atom stereocenters. The zero-order chi connectivity index (χ0) is 23.3. The van der Waals surface area contributed by atoms with Gasteiger partial charge in [0.1, 0.15) is 23.3 Å². The van der Waals surface area contributed by atoms with E-state index in [4.69, 9.17) is 25.8 Å². The van der Waals surface area contributed by atoms with Crippen molar-refractivity contribution in [2.24, 2.45) is 4.99 Å². The van der Waals surface area contributed by atoms with E-state index in [-0.39, 0.29) is 40.2 Å². The van der Waals surface area contributed by atoms with Crippen LogP contribution in [0.5, 0.6) is 0 Å². The molecule has 2 aromatic rings. The number of amidine groups is 1. The van der Waals surface area contributed by atoms with Gasteiger partial charge in [0.2, 0.25) is 6.29 Å². The second-order valence-electron chi connectivity index (χ2n) is 6.36. The van der Waals surface area contributed by atoms with Gasteiger partial charge in [-0.05, 0) is 31.2 Å². The lowest BCUT2D eigenvalue weighted by atomic mass is 10.0. The first-order valence-electron chi connectivity index (χ1n) is 9.44. The number of pyridine rings is 1. The van der Waals surface area contributed by atoms with Crippen molar-refractivity contribution in [1.29, 1.82) is 0 Å². The van der Waals surface area contributed by atoms with Gasteiger partial charge in [-0.15, -0.1) is 0 Å². The molecule has 1 aliphatic heterocycles. The Morgan fingerprint density at radius 3 is 2.69 bits per heavy atom. The first-order chi connectivity index (χ1) is 15.4. The van der Waals surface area contributed by atoms with Gasteiger partial charge in [-0.25, -0.2) is 23.6 Å². The summed E-state index contributed by atoms with van der Waals surface area (Å²) in [5, 5.41) is 2.90. The minimum absolute atomic E-state index is 0.00228. The van der Waals surface area contributed by atoms with Gasteiger partial charge >= 0.3 is 6.16 Å². The molecule has 3 rings (SSSR count). The van der Waals surface area contributed by atoms with Gasteiger partial charge in [0.25, 0.3) is 0 Å². The first kappa shape index (κ1) is 23.6. The Labute approximate surface area is 187 Å². The molecule has 0 spiro atoms. The van der Waals surface area contributed by atoms with Crippen molar-refractivity contribution in [3.63, 3.8) is 0 Å². The van der Waals surface area contributed by atoms with Crippen LogP contribution in [0.3, 0.4) is 0 Å². The number of carbonyl (C=O) groups excluding carboxylic acids is 1. The number of aliphatic imine (C=N–C) groups is 1. The molecular weight excluding hydrogens is 448 g/mol. The van der Waals surface area contributed by atoms with Crippen LogP contribution in [-0.2, 0) is 18.9 Å². The highest BCUT2D eigenvalue weighted by Gasteiger charge is 2.36. The highest BCUT2D eigenvalue weighted by Crippen LogP contribution is 2.37. The first-order valence-corrected chi connectivity index (χ1v) is 9.82. The van der Waals surface area contributed by atoms with Gasteiger partial charge in [0, 0.05) is 30.5 Å². The van der Waals surface area contributed by atoms with Crippen molar-refractivity contribution in [3.05, 3.63) is 75.9 Å². The Hall–Kier alpha value is -3.08. The third-order valence-electron chi connectivity index (χ3n) is 4.39. The lowest BCUT2D eigenvalue weighted by Gasteiger charge is -2.30. The standard InChI is InChI=1S/C21H20ClF2N3O5/c1-4-31-20(29-2)17-18(32-21(28)30-3)15(12-8-7-11(23)10-13(12)22)26-19(27-17)16-14(24)6-5-9-25-16/h5-10,15,20H,4H2,1-3H3,(H,26,27). The second-order valence-corrected chi connectivity index (χ2v) is 6.77. The minimum atomic E-state index is -1.10. The summed E-state index contributed by atoms with van der Waals surface area (Å²) in [6.45, 7) is 1.97. The molecule has 1 aliphatic rings. The maximum absolute atomic E-state index is 14.5. The summed E-state index contributed by atoms with van der Waals surface area (Å²) in [7, 11) is 2.50. The molecule has 0 radical (unpaired) electrons. The average Bonchev–Trinajstić information content (AvgIpc) is 2.78. The maximum Gasteiger partial charge on any atom is 0.513 e. The van der Waals surface area contributed by atoms with E-state index in [1.807, 2.05) is 0 Å². The summed E-state index contributed by atoms with van der Waals surface area (Å²) in [6, 6.07) is 5.18. The largest absolute Gasteiger partial charge is 0.513 e. The van der Waals surface area contributed by atoms with Crippen LogP contribution in [0.4, 0.5) is 13.6 Å². The predicted octanol–water partition coefficient (Wildman–Crippen LogP) is 4.11. The predicted molar refractivity (Wildman–Crippen MR) is 111 cm³/mol. The minimum Gasteiger partial charge on any atom is -0.437 e. The lowest BCUT2D eigenvalue weighted by molar-refractivity contribution is -0.0990. The number of hydrogen-bond donors (Lipinski definition) is 1. The fourth-order valence-electron chi connectivity index (χ4n) is 3.01. The van der Waals surface area contributed by atoms with Crippen LogP contribution < -0.4 is 5.32 Å². The van der Waals surface area contributed by atoms with E-state index in [9.17, 15) is 13.6 Å². The third kappa shape index (κ3) is 5.04. The molecule has 1 N–H and O–H groups in total.